The summed E-state index contributed by atoms with van der Waals surface area (Å²) in [6.45, 7) is 7.34. The molecule has 258 valence electrons. The zero-order valence-electron chi connectivity index (χ0n) is 30.4. The lowest BCUT2D eigenvalue weighted by atomic mass is 9.71. The molecule has 0 aliphatic carbocycles. The van der Waals surface area contributed by atoms with Gasteiger partial charge in [-0.3, -0.25) is 4.99 Å². The van der Waals surface area contributed by atoms with Crippen molar-refractivity contribution in [3.05, 3.63) is 215 Å². The van der Waals surface area contributed by atoms with Gasteiger partial charge < -0.3 is 9.47 Å². The molecule has 2 heterocycles. The average Bonchev–Trinajstić information content (AvgIpc) is 3.56. The van der Waals surface area contributed by atoms with Gasteiger partial charge in [-0.15, -0.1) is 0 Å². The van der Waals surface area contributed by atoms with Crippen LogP contribution in [0, 0.1) is 0 Å². The van der Waals surface area contributed by atoms with Crippen LogP contribution in [-0.2, 0) is 12.0 Å². The third-order valence-electron chi connectivity index (χ3n) is 10.1. The van der Waals surface area contributed by atoms with E-state index < -0.39 is 0 Å². The summed E-state index contributed by atoms with van der Waals surface area (Å²) in [4.78, 5) is 12.4. The van der Waals surface area contributed by atoms with Gasteiger partial charge in [0.25, 0.3) is 0 Å². The SMILES string of the molecule is C/C=C1\C(=C/c2cn(-c3ccccc3)c3ccc(CN=C(N=Cc4ccccc4)c4ccccc4)cc23)N(c2ccccc2)c2ccccc2C1(C)C. The molecule has 1 aliphatic rings. The zero-order chi connectivity index (χ0) is 36.2. The fraction of sp³-hybridized carbons (Fsp3) is 0.102. The van der Waals surface area contributed by atoms with Crippen LogP contribution in [0.3, 0.4) is 0 Å². The molecule has 0 N–H and O–H groups in total. The van der Waals surface area contributed by atoms with Gasteiger partial charge in [-0.1, -0.05) is 141 Å². The maximum atomic E-state index is 5.10. The number of rotatable bonds is 7. The molecule has 0 radical (unpaired) electrons. The van der Waals surface area contributed by atoms with Crippen LogP contribution in [0.5, 0.6) is 0 Å². The van der Waals surface area contributed by atoms with E-state index in [-0.39, 0.29) is 5.41 Å². The van der Waals surface area contributed by atoms with E-state index in [1.165, 1.54) is 27.9 Å². The zero-order valence-corrected chi connectivity index (χ0v) is 30.4. The number of hydrogen-bond acceptors (Lipinski definition) is 2. The highest BCUT2D eigenvalue weighted by molar-refractivity contribution is 6.05. The standard InChI is InChI=1S/C49H42N4/c1-4-43-47(53(41-25-15-8-16-26-41)46-28-18-17-27-44(46)49(43,2)3)32-39-35-52(40-23-13-7-14-24-40)45-30-29-37(31-42(39)45)34-51-48(38-21-11-6-12-22-38)50-33-36-19-9-5-10-20-36/h4-33,35H,34H2,1-3H3/b43-4+,47-32+,50-33?,51-48?. The second-order valence-electron chi connectivity index (χ2n) is 13.9. The molecule has 8 rings (SSSR count). The summed E-state index contributed by atoms with van der Waals surface area (Å²) in [5.74, 6) is 0.707. The summed E-state index contributed by atoms with van der Waals surface area (Å²) in [5.41, 5.74) is 12.4. The first kappa shape index (κ1) is 33.6. The predicted molar refractivity (Wildman–Crippen MR) is 224 cm³/mol. The van der Waals surface area contributed by atoms with Gasteiger partial charge in [0.05, 0.1) is 23.4 Å². The van der Waals surface area contributed by atoms with Gasteiger partial charge in [-0.05, 0) is 77.7 Å². The third kappa shape index (κ3) is 6.68. The van der Waals surface area contributed by atoms with Crippen LogP contribution >= 0.6 is 0 Å². The normalized spacial score (nSPS) is 15.8. The molecule has 1 aliphatic heterocycles. The van der Waals surface area contributed by atoms with Crippen molar-refractivity contribution in [2.45, 2.75) is 32.7 Å². The first-order valence-electron chi connectivity index (χ1n) is 18.2. The molecule has 0 unspecified atom stereocenters. The number of allylic oxidation sites excluding steroid dienone is 2. The van der Waals surface area contributed by atoms with E-state index in [0.29, 0.717) is 12.4 Å². The number of aromatic nitrogens is 1. The lowest BCUT2D eigenvalue weighted by Gasteiger charge is -2.44. The van der Waals surface area contributed by atoms with Crippen LogP contribution < -0.4 is 4.90 Å². The molecule has 0 amide bonds. The van der Waals surface area contributed by atoms with Gasteiger partial charge in [-0.2, -0.15) is 0 Å². The number of aliphatic imine (C=N–C) groups is 2. The minimum Gasteiger partial charge on any atom is -0.316 e. The molecule has 0 saturated carbocycles. The molecular weight excluding hydrogens is 645 g/mol. The second kappa shape index (κ2) is 14.6. The summed E-state index contributed by atoms with van der Waals surface area (Å²) >= 11 is 0. The molecule has 0 atom stereocenters. The van der Waals surface area contributed by atoms with Crippen molar-refractivity contribution in [2.24, 2.45) is 9.98 Å². The molecule has 4 nitrogen and oxygen atoms in total. The lowest BCUT2D eigenvalue weighted by Crippen LogP contribution is -2.35. The Kier molecular flexibility index (Phi) is 9.27. The van der Waals surface area contributed by atoms with Crippen molar-refractivity contribution >= 4 is 40.4 Å². The third-order valence-corrected chi connectivity index (χ3v) is 10.1. The largest absolute Gasteiger partial charge is 0.316 e. The molecule has 6 aromatic carbocycles. The van der Waals surface area contributed by atoms with Crippen molar-refractivity contribution < 1.29 is 0 Å². The lowest BCUT2D eigenvalue weighted by molar-refractivity contribution is 0.613. The van der Waals surface area contributed by atoms with E-state index in [4.69, 9.17) is 9.98 Å². The predicted octanol–water partition coefficient (Wildman–Crippen LogP) is 12.1. The minimum atomic E-state index is -0.200. The summed E-state index contributed by atoms with van der Waals surface area (Å²) < 4.78 is 2.30. The molecule has 1 aromatic heterocycles. The molecule has 0 bridgehead atoms. The maximum absolute atomic E-state index is 5.10. The number of amidine groups is 1. The minimum absolute atomic E-state index is 0.200. The highest BCUT2D eigenvalue weighted by atomic mass is 15.2. The summed E-state index contributed by atoms with van der Waals surface area (Å²) in [7, 11) is 0. The smallest absolute Gasteiger partial charge is 0.154 e. The van der Waals surface area contributed by atoms with Crippen molar-refractivity contribution in [1.82, 2.24) is 4.57 Å². The van der Waals surface area contributed by atoms with Crippen LogP contribution in [0.1, 0.15) is 48.6 Å². The van der Waals surface area contributed by atoms with Crippen LogP contribution in [0.4, 0.5) is 11.4 Å². The fourth-order valence-electron chi connectivity index (χ4n) is 7.52. The van der Waals surface area contributed by atoms with Crippen LogP contribution in [0.2, 0.25) is 0 Å². The van der Waals surface area contributed by atoms with Gasteiger partial charge in [0.1, 0.15) is 0 Å². The van der Waals surface area contributed by atoms with Crippen LogP contribution in [0.25, 0.3) is 22.7 Å². The van der Waals surface area contributed by atoms with E-state index in [2.05, 4.69) is 176 Å². The summed E-state index contributed by atoms with van der Waals surface area (Å²) in [6, 6.07) is 57.2. The highest BCUT2D eigenvalue weighted by Gasteiger charge is 2.38. The Labute approximate surface area is 312 Å². The first-order valence-corrected chi connectivity index (χ1v) is 18.2. The van der Waals surface area contributed by atoms with Gasteiger partial charge in [-0.25, -0.2) is 4.99 Å². The number of para-hydroxylation sites is 3. The van der Waals surface area contributed by atoms with Crippen molar-refractivity contribution in [3.63, 3.8) is 0 Å². The van der Waals surface area contributed by atoms with E-state index in [1.54, 1.807) is 0 Å². The number of nitrogens with zero attached hydrogens (tertiary/aromatic N) is 4. The number of hydrogen-bond donors (Lipinski definition) is 0. The van der Waals surface area contributed by atoms with Gasteiger partial charge in [0, 0.05) is 45.7 Å². The average molecular weight is 687 g/mol. The van der Waals surface area contributed by atoms with Crippen LogP contribution in [-0.4, -0.2) is 16.6 Å². The first-order chi connectivity index (χ1) is 26.0. The number of fused-ring (bicyclic) bond motifs is 2. The number of benzene rings is 6. The van der Waals surface area contributed by atoms with E-state index in [9.17, 15) is 0 Å². The Morgan fingerprint density at radius 2 is 1.30 bits per heavy atom. The fourth-order valence-corrected chi connectivity index (χ4v) is 7.52. The van der Waals surface area contributed by atoms with Crippen molar-refractivity contribution in [1.29, 1.82) is 0 Å². The van der Waals surface area contributed by atoms with Crippen molar-refractivity contribution in [3.8, 4) is 5.69 Å². The molecule has 4 heteroatoms. The van der Waals surface area contributed by atoms with E-state index in [0.717, 1.165) is 39.1 Å². The molecule has 0 spiro atoms. The Morgan fingerprint density at radius 1 is 0.679 bits per heavy atom. The summed E-state index contributed by atoms with van der Waals surface area (Å²) in [6.07, 6.45) is 8.84. The second-order valence-corrected chi connectivity index (χ2v) is 13.9. The molecule has 53 heavy (non-hydrogen) atoms. The Hall–Kier alpha value is -6.52. The van der Waals surface area contributed by atoms with Crippen molar-refractivity contribution in [2.75, 3.05) is 4.90 Å². The Bertz CT molecular complexity index is 2490. The van der Waals surface area contributed by atoms with Gasteiger partial charge >= 0.3 is 0 Å². The van der Waals surface area contributed by atoms with E-state index in [1.807, 2.05) is 42.6 Å². The topological polar surface area (TPSA) is 32.9 Å². The molecule has 0 fully saturated rings. The highest BCUT2D eigenvalue weighted by Crippen LogP contribution is 2.51. The van der Waals surface area contributed by atoms with Gasteiger partial charge in [0.15, 0.2) is 5.84 Å². The van der Waals surface area contributed by atoms with E-state index >= 15 is 0 Å². The quantitative estimate of drug-likeness (QED) is 0.121. The maximum Gasteiger partial charge on any atom is 0.154 e. The van der Waals surface area contributed by atoms with Gasteiger partial charge in [0.2, 0.25) is 0 Å². The number of anilines is 2. The molecule has 7 aromatic rings. The Morgan fingerprint density at radius 3 is 2.00 bits per heavy atom. The Balaban J connectivity index is 1.29. The molecule has 0 saturated heterocycles. The molecular formula is C49H42N4. The monoisotopic (exact) mass is 686 g/mol. The van der Waals surface area contributed by atoms with Crippen LogP contribution in [0.15, 0.2) is 197 Å². The summed E-state index contributed by atoms with van der Waals surface area (Å²) in [5, 5.41) is 1.17.